The van der Waals surface area contributed by atoms with Gasteiger partial charge in [-0.05, 0) is 54.4 Å². The van der Waals surface area contributed by atoms with Crippen molar-refractivity contribution < 1.29 is 19.1 Å². The van der Waals surface area contributed by atoms with Crippen LogP contribution in [0.1, 0.15) is 16.8 Å². The minimum Gasteiger partial charge on any atom is -0.497 e. The van der Waals surface area contributed by atoms with Crippen LogP contribution in [-0.4, -0.2) is 29.8 Å². The highest BCUT2D eigenvalue weighted by Crippen LogP contribution is 2.65. The van der Waals surface area contributed by atoms with Crippen LogP contribution in [0.4, 0.5) is 0 Å². The minimum absolute atomic E-state index is 0.152. The molecule has 6 nitrogen and oxygen atoms in total. The maximum Gasteiger partial charge on any atom is 0.270 e. The van der Waals surface area contributed by atoms with Gasteiger partial charge in [-0.25, -0.2) is 0 Å². The summed E-state index contributed by atoms with van der Waals surface area (Å²) in [6, 6.07) is 6.54. The Morgan fingerprint density at radius 2 is 1.60 bits per heavy atom. The average molecular weight is 338 g/mol. The SMILES string of the molecule is COc1ccc(C(=O)NN2C(=O)[C@@H]3[C@@H]4C=C[C@@H]([C@H]5C[C@@H]45)[C@@H]3C2=O)cc1. The molecule has 4 aliphatic carbocycles. The van der Waals surface area contributed by atoms with Gasteiger partial charge in [-0.1, -0.05) is 12.2 Å². The van der Waals surface area contributed by atoms with E-state index in [-0.39, 0.29) is 35.5 Å². The molecule has 25 heavy (non-hydrogen) atoms. The molecular weight excluding hydrogens is 320 g/mol. The molecule has 3 amide bonds. The molecule has 0 radical (unpaired) electrons. The molecule has 3 fully saturated rings. The number of imide groups is 1. The van der Waals surface area contributed by atoms with E-state index in [1.54, 1.807) is 31.4 Å². The summed E-state index contributed by atoms with van der Waals surface area (Å²) in [6.07, 6.45) is 5.34. The zero-order valence-corrected chi connectivity index (χ0v) is 13.7. The number of rotatable bonds is 3. The summed E-state index contributed by atoms with van der Waals surface area (Å²) >= 11 is 0. The first-order chi connectivity index (χ1) is 12.1. The number of ether oxygens (including phenoxy) is 1. The van der Waals surface area contributed by atoms with Crippen molar-refractivity contribution in [2.45, 2.75) is 6.42 Å². The first kappa shape index (κ1) is 14.7. The maximum atomic E-state index is 12.8. The second-order valence-electron chi connectivity index (χ2n) is 7.34. The van der Waals surface area contributed by atoms with Gasteiger partial charge in [0.25, 0.3) is 17.7 Å². The molecule has 0 spiro atoms. The number of hydrogen-bond donors (Lipinski definition) is 1. The number of carbonyl (C=O) groups excluding carboxylic acids is 3. The molecule has 6 rings (SSSR count). The van der Waals surface area contributed by atoms with Gasteiger partial charge in [-0.15, -0.1) is 0 Å². The Balaban J connectivity index is 1.37. The second kappa shape index (κ2) is 4.94. The molecule has 1 aliphatic heterocycles. The number of amides is 3. The van der Waals surface area contributed by atoms with Crippen LogP contribution in [0, 0.1) is 35.5 Å². The molecule has 1 aromatic carbocycles. The topological polar surface area (TPSA) is 75.7 Å². The Bertz CT molecular complexity index is 779. The number of hydrogen-bond acceptors (Lipinski definition) is 4. The lowest BCUT2D eigenvalue weighted by Gasteiger charge is -2.37. The van der Waals surface area contributed by atoms with E-state index in [0.29, 0.717) is 23.1 Å². The lowest BCUT2D eigenvalue weighted by atomic mass is 9.63. The quantitative estimate of drug-likeness (QED) is 0.668. The van der Waals surface area contributed by atoms with E-state index in [1.165, 1.54) is 0 Å². The highest BCUT2D eigenvalue weighted by atomic mass is 16.5. The number of hydrazine groups is 1. The monoisotopic (exact) mass is 338 g/mol. The van der Waals surface area contributed by atoms with E-state index < -0.39 is 5.91 Å². The van der Waals surface area contributed by atoms with Gasteiger partial charge in [-0.2, -0.15) is 5.01 Å². The third kappa shape index (κ3) is 1.94. The van der Waals surface area contributed by atoms with Gasteiger partial charge in [0, 0.05) is 5.56 Å². The lowest BCUT2D eigenvalue weighted by Crippen LogP contribution is -2.46. The van der Waals surface area contributed by atoms with E-state index in [0.717, 1.165) is 11.4 Å². The highest BCUT2D eigenvalue weighted by Gasteiger charge is 2.67. The molecule has 6 atom stereocenters. The average Bonchev–Trinajstić information content (AvgIpc) is 3.43. The van der Waals surface area contributed by atoms with Gasteiger partial charge in [0.2, 0.25) is 0 Å². The summed E-state index contributed by atoms with van der Waals surface area (Å²) in [5.41, 5.74) is 2.89. The Morgan fingerprint density at radius 1 is 1.04 bits per heavy atom. The van der Waals surface area contributed by atoms with E-state index in [1.807, 2.05) is 0 Å². The number of benzene rings is 1. The molecular formula is C19H18N2O4. The zero-order valence-electron chi connectivity index (χ0n) is 13.7. The molecule has 2 saturated carbocycles. The van der Waals surface area contributed by atoms with Crippen LogP contribution in [0.3, 0.4) is 0 Å². The third-order valence-corrected chi connectivity index (χ3v) is 6.23. The van der Waals surface area contributed by atoms with Gasteiger partial charge in [-0.3, -0.25) is 19.8 Å². The van der Waals surface area contributed by atoms with Gasteiger partial charge in [0.15, 0.2) is 0 Å². The molecule has 1 heterocycles. The number of nitrogens with one attached hydrogen (secondary N) is 1. The largest absolute Gasteiger partial charge is 0.497 e. The van der Waals surface area contributed by atoms with E-state index >= 15 is 0 Å². The summed E-state index contributed by atoms with van der Waals surface area (Å²) in [4.78, 5) is 38.1. The van der Waals surface area contributed by atoms with Gasteiger partial charge >= 0.3 is 0 Å². The van der Waals surface area contributed by atoms with Crippen molar-refractivity contribution in [3.05, 3.63) is 42.0 Å². The van der Waals surface area contributed by atoms with Crippen LogP contribution < -0.4 is 10.2 Å². The predicted molar refractivity (Wildman–Crippen MR) is 87.0 cm³/mol. The highest BCUT2D eigenvalue weighted by molar-refractivity contribution is 6.08. The van der Waals surface area contributed by atoms with Crippen molar-refractivity contribution in [2.75, 3.05) is 7.11 Å². The normalized spacial score (nSPS) is 36.9. The van der Waals surface area contributed by atoms with Gasteiger partial charge in [0.1, 0.15) is 5.75 Å². The summed E-state index contributed by atoms with van der Waals surface area (Å²) in [5, 5.41) is 0.958. The van der Waals surface area contributed by atoms with Crippen molar-refractivity contribution >= 4 is 17.7 Å². The Morgan fingerprint density at radius 3 is 2.12 bits per heavy atom. The van der Waals surface area contributed by atoms with Crippen LogP contribution >= 0.6 is 0 Å². The summed E-state index contributed by atoms with van der Waals surface area (Å²) in [6.45, 7) is 0. The smallest absolute Gasteiger partial charge is 0.270 e. The lowest BCUT2D eigenvalue weighted by molar-refractivity contribution is -0.143. The van der Waals surface area contributed by atoms with Crippen molar-refractivity contribution in [1.29, 1.82) is 0 Å². The summed E-state index contributed by atoms with van der Waals surface area (Å²) < 4.78 is 5.07. The number of nitrogens with zero attached hydrogens (tertiary/aromatic N) is 1. The van der Waals surface area contributed by atoms with Crippen molar-refractivity contribution in [2.24, 2.45) is 35.5 Å². The second-order valence-corrected chi connectivity index (χ2v) is 7.34. The van der Waals surface area contributed by atoms with Crippen molar-refractivity contribution in [3.63, 3.8) is 0 Å². The van der Waals surface area contributed by atoms with Crippen LogP contribution in [-0.2, 0) is 9.59 Å². The third-order valence-electron chi connectivity index (χ3n) is 6.23. The molecule has 0 aromatic heterocycles. The standard InChI is InChI=1S/C19H18N2O4/c1-25-10-4-2-9(3-5-10)17(22)20-21-18(23)15-11-6-7-12(14-8-13(11)14)16(15)19(21)24/h2-7,11-16H,8H2,1H3,(H,20,22)/t11-,12+,13+,14-,15-,16+. The first-order valence-electron chi connectivity index (χ1n) is 8.61. The number of methoxy groups -OCH3 is 1. The van der Waals surface area contributed by atoms with Crippen LogP contribution in [0.5, 0.6) is 5.75 Å². The number of allylic oxidation sites excluding steroid dienone is 2. The fourth-order valence-electron chi connectivity index (χ4n) is 4.98. The van der Waals surface area contributed by atoms with E-state index in [9.17, 15) is 14.4 Å². The van der Waals surface area contributed by atoms with Crippen LogP contribution in [0.2, 0.25) is 0 Å². The molecule has 2 bridgehead atoms. The first-order valence-corrected chi connectivity index (χ1v) is 8.61. The van der Waals surface area contributed by atoms with E-state index in [4.69, 9.17) is 4.74 Å². The van der Waals surface area contributed by atoms with Crippen LogP contribution in [0.25, 0.3) is 0 Å². The predicted octanol–water partition coefficient (Wildman–Crippen LogP) is 1.39. The fourth-order valence-corrected chi connectivity index (χ4v) is 4.98. The molecule has 1 saturated heterocycles. The van der Waals surface area contributed by atoms with Crippen molar-refractivity contribution in [3.8, 4) is 5.75 Å². The molecule has 1 aromatic rings. The molecule has 5 aliphatic rings. The Labute approximate surface area is 144 Å². The number of carbonyl (C=O) groups is 3. The molecule has 128 valence electrons. The fraction of sp³-hybridized carbons (Fsp3) is 0.421. The maximum absolute atomic E-state index is 12.8. The van der Waals surface area contributed by atoms with E-state index in [2.05, 4.69) is 17.6 Å². The summed E-state index contributed by atoms with van der Waals surface area (Å²) in [7, 11) is 1.55. The van der Waals surface area contributed by atoms with Crippen molar-refractivity contribution in [1.82, 2.24) is 10.4 Å². The summed E-state index contributed by atoms with van der Waals surface area (Å²) in [5.74, 6) is 0.438. The minimum atomic E-state index is -0.464. The Kier molecular flexibility index (Phi) is 2.90. The zero-order chi connectivity index (χ0) is 17.3. The molecule has 6 heteroatoms. The van der Waals surface area contributed by atoms with Gasteiger partial charge in [0.05, 0.1) is 18.9 Å². The molecule has 0 unspecified atom stereocenters. The Hall–Kier alpha value is -2.63. The van der Waals surface area contributed by atoms with Crippen LogP contribution in [0.15, 0.2) is 36.4 Å². The molecule has 1 N–H and O–H groups in total. The van der Waals surface area contributed by atoms with Gasteiger partial charge < -0.3 is 4.74 Å².